The van der Waals surface area contributed by atoms with E-state index < -0.39 is 6.04 Å². The van der Waals surface area contributed by atoms with Gasteiger partial charge in [-0.1, -0.05) is 19.3 Å². The lowest BCUT2D eigenvalue weighted by molar-refractivity contribution is -0.126. The number of nitrogens with two attached hydrogens (primary N) is 3. The van der Waals surface area contributed by atoms with Gasteiger partial charge in [-0.05, 0) is 32.2 Å². The molecule has 2 amide bonds. The molecule has 1 aliphatic rings. The number of primary amides is 1. The van der Waals surface area contributed by atoms with Crippen LogP contribution < -0.4 is 22.5 Å². The van der Waals surface area contributed by atoms with Crippen molar-refractivity contribution in [1.82, 2.24) is 5.32 Å². The Balaban J connectivity index is 2.42. The smallest absolute Gasteiger partial charge is 0.237 e. The normalized spacial score (nSPS) is 24.7. The Kier molecular flexibility index (Phi) is 6.80. The molecule has 110 valence electrons. The summed E-state index contributed by atoms with van der Waals surface area (Å²) in [4.78, 5) is 23.3. The number of carbonyl (C=O) groups is 2. The molecule has 1 fully saturated rings. The van der Waals surface area contributed by atoms with Crippen molar-refractivity contribution in [3.8, 4) is 0 Å². The van der Waals surface area contributed by atoms with Crippen LogP contribution in [0.15, 0.2) is 0 Å². The minimum atomic E-state index is -0.526. The number of nitrogens with one attached hydrogen (secondary N) is 1. The standard InChI is InChI=1S/C13H26N4O2/c14-8-4-3-6-10(15)13(19)17-11-7-2-1-5-9(11)12(16)18/h9-11H,1-8,14-15H2,(H2,16,18)(H,17,19)/t9?,10-,11?/m0/s1. The predicted molar refractivity (Wildman–Crippen MR) is 74.0 cm³/mol. The summed E-state index contributed by atoms with van der Waals surface area (Å²) in [5.41, 5.74) is 16.6. The highest BCUT2D eigenvalue weighted by Crippen LogP contribution is 2.24. The van der Waals surface area contributed by atoms with Crippen LogP contribution in [0.1, 0.15) is 44.9 Å². The maximum Gasteiger partial charge on any atom is 0.237 e. The molecule has 19 heavy (non-hydrogen) atoms. The van der Waals surface area contributed by atoms with Gasteiger partial charge in [0.15, 0.2) is 0 Å². The Labute approximate surface area is 114 Å². The number of rotatable bonds is 7. The third-order valence-electron chi connectivity index (χ3n) is 3.77. The number of hydrogen-bond acceptors (Lipinski definition) is 4. The van der Waals surface area contributed by atoms with Gasteiger partial charge in [0.1, 0.15) is 0 Å². The molecule has 0 aromatic heterocycles. The fourth-order valence-corrected chi connectivity index (χ4v) is 2.57. The average molecular weight is 270 g/mol. The zero-order chi connectivity index (χ0) is 14.3. The van der Waals surface area contributed by atoms with Crippen LogP contribution in [0, 0.1) is 5.92 Å². The van der Waals surface area contributed by atoms with Crippen LogP contribution in [-0.2, 0) is 9.59 Å². The minimum Gasteiger partial charge on any atom is -0.369 e. The minimum absolute atomic E-state index is 0.153. The molecule has 0 spiro atoms. The number of hydrogen-bond donors (Lipinski definition) is 4. The van der Waals surface area contributed by atoms with Gasteiger partial charge in [-0.3, -0.25) is 9.59 Å². The van der Waals surface area contributed by atoms with E-state index >= 15 is 0 Å². The van der Waals surface area contributed by atoms with E-state index in [1.54, 1.807) is 0 Å². The van der Waals surface area contributed by atoms with Crippen molar-refractivity contribution >= 4 is 11.8 Å². The number of unbranched alkanes of at least 4 members (excludes halogenated alkanes) is 1. The van der Waals surface area contributed by atoms with Crippen molar-refractivity contribution in [2.75, 3.05) is 6.54 Å². The number of amides is 2. The SMILES string of the molecule is NCCCC[C@H](N)C(=O)NC1CCCCC1C(N)=O. The van der Waals surface area contributed by atoms with Gasteiger partial charge in [0, 0.05) is 6.04 Å². The van der Waals surface area contributed by atoms with Gasteiger partial charge in [0.25, 0.3) is 0 Å². The largest absolute Gasteiger partial charge is 0.369 e. The van der Waals surface area contributed by atoms with Crippen molar-refractivity contribution in [3.05, 3.63) is 0 Å². The van der Waals surface area contributed by atoms with E-state index in [1.807, 2.05) is 0 Å². The predicted octanol–water partition coefficient (Wildman–Crippen LogP) is -0.397. The second kappa shape index (κ2) is 8.12. The molecule has 6 heteroatoms. The summed E-state index contributed by atoms with van der Waals surface area (Å²) < 4.78 is 0. The summed E-state index contributed by atoms with van der Waals surface area (Å²) in [5, 5.41) is 2.88. The van der Waals surface area contributed by atoms with Crippen LogP contribution in [0.2, 0.25) is 0 Å². The second-order valence-electron chi connectivity index (χ2n) is 5.30. The molecule has 1 saturated carbocycles. The summed E-state index contributed by atoms with van der Waals surface area (Å²) in [6, 6.07) is -0.679. The van der Waals surface area contributed by atoms with Crippen LogP contribution in [-0.4, -0.2) is 30.4 Å². The van der Waals surface area contributed by atoms with Crippen molar-refractivity contribution in [3.63, 3.8) is 0 Å². The zero-order valence-corrected chi connectivity index (χ0v) is 11.4. The molecule has 3 atom stereocenters. The van der Waals surface area contributed by atoms with Gasteiger partial charge in [-0.2, -0.15) is 0 Å². The molecular weight excluding hydrogens is 244 g/mol. The molecular formula is C13H26N4O2. The average Bonchev–Trinajstić information content (AvgIpc) is 2.39. The highest BCUT2D eigenvalue weighted by molar-refractivity contribution is 5.83. The first-order chi connectivity index (χ1) is 9.06. The Hall–Kier alpha value is -1.14. The highest BCUT2D eigenvalue weighted by atomic mass is 16.2. The second-order valence-corrected chi connectivity index (χ2v) is 5.30. The maximum absolute atomic E-state index is 12.0. The van der Waals surface area contributed by atoms with Crippen LogP contribution in [0.5, 0.6) is 0 Å². The fraction of sp³-hybridized carbons (Fsp3) is 0.846. The van der Waals surface area contributed by atoms with Crippen molar-refractivity contribution in [2.45, 2.75) is 57.0 Å². The fourth-order valence-electron chi connectivity index (χ4n) is 2.57. The van der Waals surface area contributed by atoms with Gasteiger partial charge < -0.3 is 22.5 Å². The molecule has 1 aliphatic carbocycles. The van der Waals surface area contributed by atoms with E-state index in [1.165, 1.54) is 0 Å². The van der Waals surface area contributed by atoms with E-state index in [4.69, 9.17) is 17.2 Å². The molecule has 6 nitrogen and oxygen atoms in total. The van der Waals surface area contributed by atoms with Crippen molar-refractivity contribution < 1.29 is 9.59 Å². The highest BCUT2D eigenvalue weighted by Gasteiger charge is 2.31. The quantitative estimate of drug-likeness (QED) is 0.470. The lowest BCUT2D eigenvalue weighted by Gasteiger charge is -2.30. The molecule has 0 aromatic carbocycles. The molecule has 0 saturated heterocycles. The molecule has 7 N–H and O–H groups in total. The van der Waals surface area contributed by atoms with Gasteiger partial charge in [-0.15, -0.1) is 0 Å². The summed E-state index contributed by atoms with van der Waals surface area (Å²) in [7, 11) is 0. The van der Waals surface area contributed by atoms with Crippen LogP contribution in [0.4, 0.5) is 0 Å². The molecule has 0 aliphatic heterocycles. The van der Waals surface area contributed by atoms with E-state index in [0.29, 0.717) is 13.0 Å². The van der Waals surface area contributed by atoms with E-state index in [-0.39, 0.29) is 23.8 Å². The molecule has 0 heterocycles. The Bertz CT molecular complexity index is 309. The van der Waals surface area contributed by atoms with Crippen LogP contribution in [0.25, 0.3) is 0 Å². The third-order valence-corrected chi connectivity index (χ3v) is 3.77. The molecule has 0 radical (unpaired) electrons. The maximum atomic E-state index is 12.0. The first kappa shape index (κ1) is 15.9. The van der Waals surface area contributed by atoms with E-state index in [2.05, 4.69) is 5.32 Å². The van der Waals surface area contributed by atoms with Gasteiger partial charge in [-0.25, -0.2) is 0 Å². The summed E-state index contributed by atoms with van der Waals surface area (Å²) in [6.07, 6.45) is 5.89. The molecule has 1 rings (SSSR count). The van der Waals surface area contributed by atoms with Gasteiger partial charge in [0.2, 0.25) is 11.8 Å². The lowest BCUT2D eigenvalue weighted by Crippen LogP contribution is -2.51. The molecule has 0 aromatic rings. The van der Waals surface area contributed by atoms with E-state index in [0.717, 1.165) is 38.5 Å². The van der Waals surface area contributed by atoms with E-state index in [9.17, 15) is 9.59 Å². The topological polar surface area (TPSA) is 124 Å². The zero-order valence-electron chi connectivity index (χ0n) is 11.4. The van der Waals surface area contributed by atoms with Crippen LogP contribution in [0.3, 0.4) is 0 Å². The summed E-state index contributed by atoms with van der Waals surface area (Å²) in [5.74, 6) is -0.772. The molecule has 0 bridgehead atoms. The summed E-state index contributed by atoms with van der Waals surface area (Å²) >= 11 is 0. The third kappa shape index (κ3) is 5.16. The Morgan fingerprint density at radius 2 is 1.89 bits per heavy atom. The van der Waals surface area contributed by atoms with Gasteiger partial charge in [0.05, 0.1) is 12.0 Å². The Morgan fingerprint density at radius 1 is 1.21 bits per heavy atom. The first-order valence-electron chi connectivity index (χ1n) is 7.11. The monoisotopic (exact) mass is 270 g/mol. The number of carbonyl (C=O) groups excluding carboxylic acids is 2. The lowest BCUT2D eigenvalue weighted by atomic mass is 9.84. The van der Waals surface area contributed by atoms with Crippen LogP contribution >= 0.6 is 0 Å². The Morgan fingerprint density at radius 3 is 2.53 bits per heavy atom. The van der Waals surface area contributed by atoms with Crippen molar-refractivity contribution in [1.29, 1.82) is 0 Å². The molecule has 2 unspecified atom stereocenters. The first-order valence-corrected chi connectivity index (χ1v) is 7.11. The van der Waals surface area contributed by atoms with Gasteiger partial charge >= 0.3 is 0 Å². The summed E-state index contributed by atoms with van der Waals surface area (Å²) in [6.45, 7) is 0.612. The van der Waals surface area contributed by atoms with Crippen molar-refractivity contribution in [2.24, 2.45) is 23.1 Å².